The van der Waals surface area contributed by atoms with Crippen LogP contribution in [0.1, 0.15) is 24.8 Å². The SMILES string of the molecule is CC(CC=O)c1ccc(O)cc1Cl. The number of phenols is 1. The average molecular weight is 199 g/mol. The summed E-state index contributed by atoms with van der Waals surface area (Å²) in [4.78, 5) is 10.3. The van der Waals surface area contributed by atoms with Crippen LogP contribution in [0.2, 0.25) is 5.02 Å². The van der Waals surface area contributed by atoms with Gasteiger partial charge in [0.2, 0.25) is 0 Å². The Labute approximate surface area is 82.2 Å². The third kappa shape index (κ3) is 2.46. The number of carbonyl (C=O) groups is 1. The molecule has 0 radical (unpaired) electrons. The highest BCUT2D eigenvalue weighted by Gasteiger charge is 2.09. The summed E-state index contributed by atoms with van der Waals surface area (Å²) >= 11 is 5.88. The van der Waals surface area contributed by atoms with Crippen LogP contribution < -0.4 is 0 Å². The molecule has 3 heteroatoms. The van der Waals surface area contributed by atoms with Gasteiger partial charge in [-0.3, -0.25) is 0 Å². The van der Waals surface area contributed by atoms with Crippen molar-refractivity contribution in [2.75, 3.05) is 0 Å². The summed E-state index contributed by atoms with van der Waals surface area (Å²) < 4.78 is 0. The van der Waals surface area contributed by atoms with E-state index in [1.165, 1.54) is 6.07 Å². The molecule has 1 aromatic rings. The fourth-order valence-electron chi connectivity index (χ4n) is 1.19. The van der Waals surface area contributed by atoms with Gasteiger partial charge >= 0.3 is 0 Å². The molecule has 0 fully saturated rings. The van der Waals surface area contributed by atoms with Crippen LogP contribution in [0.4, 0.5) is 0 Å². The fourth-order valence-corrected chi connectivity index (χ4v) is 1.55. The summed E-state index contributed by atoms with van der Waals surface area (Å²) in [6.07, 6.45) is 1.32. The van der Waals surface area contributed by atoms with Gasteiger partial charge in [0.25, 0.3) is 0 Å². The van der Waals surface area contributed by atoms with Crippen molar-refractivity contribution < 1.29 is 9.90 Å². The van der Waals surface area contributed by atoms with Crippen LogP contribution in [0.25, 0.3) is 0 Å². The Hall–Kier alpha value is -1.02. The molecule has 13 heavy (non-hydrogen) atoms. The van der Waals surface area contributed by atoms with Crippen LogP contribution in [0, 0.1) is 0 Å². The minimum absolute atomic E-state index is 0.102. The molecular formula is C10H11ClO2. The molecule has 0 saturated carbocycles. The average Bonchev–Trinajstić information content (AvgIpc) is 2.04. The van der Waals surface area contributed by atoms with Crippen LogP contribution in [-0.2, 0) is 4.79 Å². The van der Waals surface area contributed by atoms with Gasteiger partial charge < -0.3 is 9.90 Å². The normalized spacial score (nSPS) is 12.5. The second-order valence-corrected chi connectivity index (χ2v) is 3.42. The molecule has 2 nitrogen and oxygen atoms in total. The molecule has 1 atom stereocenters. The summed E-state index contributed by atoms with van der Waals surface area (Å²) in [6.45, 7) is 1.92. The number of aromatic hydroxyl groups is 1. The third-order valence-corrected chi connectivity index (χ3v) is 2.29. The molecule has 0 aliphatic carbocycles. The Balaban J connectivity index is 2.94. The van der Waals surface area contributed by atoms with Crippen molar-refractivity contribution in [2.45, 2.75) is 19.3 Å². The van der Waals surface area contributed by atoms with E-state index in [0.717, 1.165) is 11.8 Å². The van der Waals surface area contributed by atoms with Gasteiger partial charge in [-0.2, -0.15) is 0 Å². The van der Waals surface area contributed by atoms with Gasteiger partial charge in [-0.25, -0.2) is 0 Å². The predicted molar refractivity (Wildman–Crippen MR) is 52.2 cm³/mol. The third-order valence-electron chi connectivity index (χ3n) is 1.96. The maximum atomic E-state index is 10.3. The van der Waals surface area contributed by atoms with E-state index in [2.05, 4.69) is 0 Å². The molecule has 1 N–H and O–H groups in total. The van der Waals surface area contributed by atoms with E-state index in [0.29, 0.717) is 11.4 Å². The highest BCUT2D eigenvalue weighted by molar-refractivity contribution is 6.31. The summed E-state index contributed by atoms with van der Waals surface area (Å²) in [5.74, 6) is 0.248. The summed E-state index contributed by atoms with van der Waals surface area (Å²) in [7, 11) is 0. The van der Waals surface area contributed by atoms with Crippen LogP contribution in [-0.4, -0.2) is 11.4 Å². The molecule has 0 heterocycles. The summed E-state index contributed by atoms with van der Waals surface area (Å²) in [5, 5.41) is 9.60. The van der Waals surface area contributed by atoms with Crippen molar-refractivity contribution in [2.24, 2.45) is 0 Å². The number of rotatable bonds is 3. The lowest BCUT2D eigenvalue weighted by Crippen LogP contribution is -1.94. The molecule has 1 rings (SSSR count). The van der Waals surface area contributed by atoms with Crippen molar-refractivity contribution in [1.29, 1.82) is 0 Å². The van der Waals surface area contributed by atoms with Gasteiger partial charge in [-0.05, 0) is 23.6 Å². The molecule has 0 aromatic heterocycles. The lowest BCUT2D eigenvalue weighted by Gasteiger charge is -2.10. The first-order chi connectivity index (χ1) is 6.15. The Morgan fingerprint density at radius 2 is 2.31 bits per heavy atom. The van der Waals surface area contributed by atoms with Crippen molar-refractivity contribution in [3.05, 3.63) is 28.8 Å². The first-order valence-corrected chi connectivity index (χ1v) is 4.45. The van der Waals surface area contributed by atoms with E-state index < -0.39 is 0 Å². The Bertz CT molecular complexity index is 310. The lowest BCUT2D eigenvalue weighted by molar-refractivity contribution is -0.108. The number of hydrogen-bond donors (Lipinski definition) is 1. The van der Waals surface area contributed by atoms with Crippen molar-refractivity contribution in [3.8, 4) is 5.75 Å². The van der Waals surface area contributed by atoms with Crippen LogP contribution in [0.3, 0.4) is 0 Å². The first-order valence-electron chi connectivity index (χ1n) is 4.07. The van der Waals surface area contributed by atoms with Gasteiger partial charge in [-0.15, -0.1) is 0 Å². The molecule has 0 amide bonds. The highest BCUT2D eigenvalue weighted by atomic mass is 35.5. The standard InChI is InChI=1S/C10H11ClO2/c1-7(4-5-12)9-3-2-8(13)6-10(9)11/h2-3,5-7,13H,4H2,1H3. The Morgan fingerprint density at radius 1 is 1.62 bits per heavy atom. The van der Waals surface area contributed by atoms with Crippen molar-refractivity contribution in [3.63, 3.8) is 0 Å². The van der Waals surface area contributed by atoms with Gasteiger partial charge in [0.05, 0.1) is 0 Å². The topological polar surface area (TPSA) is 37.3 Å². The second-order valence-electron chi connectivity index (χ2n) is 3.01. The van der Waals surface area contributed by atoms with Crippen molar-refractivity contribution >= 4 is 17.9 Å². The fraction of sp³-hybridized carbons (Fsp3) is 0.300. The van der Waals surface area contributed by atoms with E-state index in [1.54, 1.807) is 12.1 Å². The molecule has 1 aromatic carbocycles. The molecular weight excluding hydrogens is 188 g/mol. The quantitative estimate of drug-likeness (QED) is 0.759. The zero-order valence-electron chi connectivity index (χ0n) is 7.33. The van der Waals surface area contributed by atoms with Gasteiger partial charge in [0.1, 0.15) is 12.0 Å². The van der Waals surface area contributed by atoms with Crippen molar-refractivity contribution in [1.82, 2.24) is 0 Å². The van der Waals surface area contributed by atoms with Gasteiger partial charge in [-0.1, -0.05) is 24.6 Å². The summed E-state index contributed by atoms with van der Waals surface area (Å²) in [6, 6.07) is 4.80. The number of carbonyl (C=O) groups excluding carboxylic acids is 1. The molecule has 0 spiro atoms. The minimum Gasteiger partial charge on any atom is -0.508 e. The van der Waals surface area contributed by atoms with E-state index >= 15 is 0 Å². The lowest BCUT2D eigenvalue weighted by atomic mass is 9.98. The summed E-state index contributed by atoms with van der Waals surface area (Å²) in [5.41, 5.74) is 0.895. The number of benzene rings is 1. The maximum Gasteiger partial charge on any atom is 0.120 e. The van der Waals surface area contributed by atoms with Gasteiger partial charge in [0.15, 0.2) is 0 Å². The number of halogens is 1. The monoisotopic (exact) mass is 198 g/mol. The minimum atomic E-state index is 0.102. The molecule has 0 aliphatic heterocycles. The Morgan fingerprint density at radius 3 is 2.85 bits per heavy atom. The maximum absolute atomic E-state index is 10.3. The number of hydrogen-bond acceptors (Lipinski definition) is 2. The molecule has 0 saturated heterocycles. The van der Waals surface area contributed by atoms with Crippen LogP contribution in [0.15, 0.2) is 18.2 Å². The highest BCUT2D eigenvalue weighted by Crippen LogP contribution is 2.28. The van der Waals surface area contributed by atoms with Crippen LogP contribution in [0.5, 0.6) is 5.75 Å². The molecule has 0 aliphatic rings. The van der Waals surface area contributed by atoms with E-state index in [1.807, 2.05) is 6.92 Å². The smallest absolute Gasteiger partial charge is 0.120 e. The number of phenolic OH excluding ortho intramolecular Hbond substituents is 1. The van der Waals surface area contributed by atoms with E-state index in [-0.39, 0.29) is 11.7 Å². The number of aldehydes is 1. The zero-order valence-corrected chi connectivity index (χ0v) is 8.08. The molecule has 1 unspecified atom stereocenters. The first kappa shape index (κ1) is 10.1. The second kappa shape index (κ2) is 4.28. The largest absolute Gasteiger partial charge is 0.508 e. The van der Waals surface area contributed by atoms with E-state index in [4.69, 9.17) is 16.7 Å². The molecule has 0 bridgehead atoms. The predicted octanol–water partition coefficient (Wildman–Crippen LogP) is 2.74. The van der Waals surface area contributed by atoms with Gasteiger partial charge in [0, 0.05) is 11.4 Å². The Kier molecular flexibility index (Phi) is 3.32. The zero-order chi connectivity index (χ0) is 9.84. The van der Waals surface area contributed by atoms with E-state index in [9.17, 15) is 4.79 Å². The molecule has 70 valence electrons. The van der Waals surface area contributed by atoms with Crippen LogP contribution >= 0.6 is 11.6 Å².